The van der Waals surface area contributed by atoms with E-state index in [-0.39, 0.29) is 48.3 Å². The van der Waals surface area contributed by atoms with Gasteiger partial charge in [0.05, 0.1) is 0 Å². The molecule has 0 saturated heterocycles. The number of amides is 1. The molecule has 0 aliphatic heterocycles. The number of hydrogen-bond acceptors (Lipinski definition) is 2. The summed E-state index contributed by atoms with van der Waals surface area (Å²) in [5.74, 6) is 0.366. The second kappa shape index (κ2) is 11.2. The standard InChI is InChI=1S/C16H25FN4O.HI/c1-5-18-16(20-12(4)11(2)3)19-10-15(22)21-14-8-6-7-13(17)9-14;/h6-9,11-12H,5,10H2,1-4H3,(H,21,22)(H2,18,19,20);1H. The number of guanidine groups is 1. The first-order valence-electron chi connectivity index (χ1n) is 7.52. The molecule has 0 radical (unpaired) electrons. The third kappa shape index (κ3) is 8.73. The van der Waals surface area contributed by atoms with Crippen LogP contribution in [0.2, 0.25) is 0 Å². The van der Waals surface area contributed by atoms with Crippen molar-refractivity contribution in [3.05, 3.63) is 30.1 Å². The molecule has 0 spiro atoms. The molecule has 3 N–H and O–H groups in total. The summed E-state index contributed by atoms with van der Waals surface area (Å²) in [5.41, 5.74) is 0.425. The fourth-order valence-corrected chi connectivity index (χ4v) is 1.62. The Hall–Kier alpha value is -1.38. The maximum Gasteiger partial charge on any atom is 0.246 e. The number of benzene rings is 1. The summed E-state index contributed by atoms with van der Waals surface area (Å²) in [5, 5.41) is 8.95. The third-order valence-electron chi connectivity index (χ3n) is 3.20. The molecule has 0 bridgehead atoms. The van der Waals surface area contributed by atoms with Gasteiger partial charge in [0.25, 0.3) is 0 Å². The Kier molecular flexibility index (Phi) is 10.5. The van der Waals surface area contributed by atoms with E-state index in [1.165, 1.54) is 12.1 Å². The van der Waals surface area contributed by atoms with Gasteiger partial charge in [-0.1, -0.05) is 19.9 Å². The van der Waals surface area contributed by atoms with Crippen molar-refractivity contribution < 1.29 is 9.18 Å². The molecular formula is C16H26FIN4O. The Balaban J connectivity index is 0.00000484. The minimum atomic E-state index is -0.387. The molecule has 0 saturated carbocycles. The third-order valence-corrected chi connectivity index (χ3v) is 3.20. The van der Waals surface area contributed by atoms with E-state index in [4.69, 9.17) is 0 Å². The van der Waals surface area contributed by atoms with Gasteiger partial charge in [0.15, 0.2) is 5.96 Å². The second-order valence-corrected chi connectivity index (χ2v) is 5.43. The van der Waals surface area contributed by atoms with Crippen LogP contribution in [-0.4, -0.2) is 31.0 Å². The molecule has 23 heavy (non-hydrogen) atoms. The SMILES string of the molecule is CCNC(=NCC(=O)Nc1cccc(F)c1)NC(C)C(C)C.I. The van der Waals surface area contributed by atoms with Crippen LogP contribution < -0.4 is 16.0 Å². The van der Waals surface area contributed by atoms with Gasteiger partial charge in [0.2, 0.25) is 5.91 Å². The van der Waals surface area contributed by atoms with Gasteiger partial charge in [0.1, 0.15) is 12.4 Å². The van der Waals surface area contributed by atoms with Crippen LogP contribution in [0.5, 0.6) is 0 Å². The minimum absolute atomic E-state index is 0. The van der Waals surface area contributed by atoms with Crippen LogP contribution in [-0.2, 0) is 4.79 Å². The molecule has 0 aromatic heterocycles. The molecule has 1 atom stereocenters. The number of aliphatic imine (C=N–C) groups is 1. The van der Waals surface area contributed by atoms with E-state index >= 15 is 0 Å². The predicted octanol–water partition coefficient (Wildman–Crippen LogP) is 2.98. The Morgan fingerprint density at radius 2 is 2.00 bits per heavy atom. The number of rotatable bonds is 6. The minimum Gasteiger partial charge on any atom is -0.357 e. The second-order valence-electron chi connectivity index (χ2n) is 5.43. The Morgan fingerprint density at radius 3 is 2.57 bits per heavy atom. The number of nitrogens with zero attached hydrogens (tertiary/aromatic N) is 1. The van der Waals surface area contributed by atoms with Gasteiger partial charge in [-0.2, -0.15) is 0 Å². The molecule has 1 aromatic carbocycles. The summed E-state index contributed by atoms with van der Waals surface area (Å²) < 4.78 is 13.1. The van der Waals surface area contributed by atoms with Crippen molar-refractivity contribution in [3.8, 4) is 0 Å². The van der Waals surface area contributed by atoms with E-state index in [1.54, 1.807) is 12.1 Å². The first kappa shape index (κ1) is 21.6. The molecule has 0 fully saturated rings. The molecular weight excluding hydrogens is 410 g/mol. The summed E-state index contributed by atoms with van der Waals surface area (Å²) in [6.45, 7) is 8.92. The zero-order valence-electron chi connectivity index (χ0n) is 14.0. The maximum absolute atomic E-state index is 13.1. The lowest BCUT2D eigenvalue weighted by molar-refractivity contribution is -0.114. The van der Waals surface area contributed by atoms with Gasteiger partial charge < -0.3 is 16.0 Å². The monoisotopic (exact) mass is 436 g/mol. The molecule has 1 unspecified atom stereocenters. The number of carbonyl (C=O) groups is 1. The Bertz CT molecular complexity index is 523. The van der Waals surface area contributed by atoms with Crippen molar-refractivity contribution in [2.45, 2.75) is 33.7 Å². The van der Waals surface area contributed by atoms with Crippen molar-refractivity contribution in [2.24, 2.45) is 10.9 Å². The van der Waals surface area contributed by atoms with E-state index < -0.39 is 0 Å². The lowest BCUT2D eigenvalue weighted by Crippen LogP contribution is -2.44. The highest BCUT2D eigenvalue weighted by atomic mass is 127. The zero-order valence-corrected chi connectivity index (χ0v) is 16.4. The summed E-state index contributed by atoms with van der Waals surface area (Å²) in [7, 11) is 0. The molecule has 7 heteroatoms. The smallest absolute Gasteiger partial charge is 0.246 e. The topological polar surface area (TPSA) is 65.5 Å². The highest BCUT2D eigenvalue weighted by molar-refractivity contribution is 14.0. The Morgan fingerprint density at radius 1 is 1.30 bits per heavy atom. The first-order chi connectivity index (χ1) is 10.4. The number of carbonyl (C=O) groups excluding carboxylic acids is 1. The van der Waals surface area contributed by atoms with Gasteiger partial charge >= 0.3 is 0 Å². The molecule has 1 amide bonds. The Labute approximate surface area is 154 Å². The molecule has 0 heterocycles. The lowest BCUT2D eigenvalue weighted by Gasteiger charge is -2.20. The van der Waals surface area contributed by atoms with Gasteiger partial charge in [-0.05, 0) is 38.0 Å². The summed E-state index contributed by atoms with van der Waals surface area (Å²) in [6.07, 6.45) is 0. The van der Waals surface area contributed by atoms with Crippen LogP contribution in [0.4, 0.5) is 10.1 Å². The van der Waals surface area contributed by atoms with E-state index in [9.17, 15) is 9.18 Å². The van der Waals surface area contributed by atoms with E-state index in [0.29, 0.717) is 24.1 Å². The molecule has 1 rings (SSSR count). The molecule has 5 nitrogen and oxygen atoms in total. The normalized spacial score (nSPS) is 12.3. The first-order valence-corrected chi connectivity index (χ1v) is 7.52. The average molecular weight is 436 g/mol. The fraction of sp³-hybridized carbons (Fsp3) is 0.500. The lowest BCUT2D eigenvalue weighted by atomic mass is 10.1. The molecule has 0 aliphatic carbocycles. The van der Waals surface area contributed by atoms with Crippen LogP contribution >= 0.6 is 24.0 Å². The number of hydrogen-bond donors (Lipinski definition) is 3. The van der Waals surface area contributed by atoms with Crippen LogP contribution in [0.25, 0.3) is 0 Å². The van der Waals surface area contributed by atoms with Crippen molar-refractivity contribution >= 4 is 41.5 Å². The maximum atomic E-state index is 13.1. The van der Waals surface area contributed by atoms with E-state index in [0.717, 1.165) is 0 Å². The van der Waals surface area contributed by atoms with Gasteiger partial charge in [-0.25, -0.2) is 9.38 Å². The highest BCUT2D eigenvalue weighted by Crippen LogP contribution is 2.08. The zero-order chi connectivity index (χ0) is 16.5. The van der Waals surface area contributed by atoms with Crippen molar-refractivity contribution in [1.82, 2.24) is 10.6 Å². The predicted molar refractivity (Wildman–Crippen MR) is 104 cm³/mol. The number of halogens is 2. The van der Waals surface area contributed by atoms with Crippen molar-refractivity contribution in [3.63, 3.8) is 0 Å². The molecule has 1 aromatic rings. The van der Waals surface area contributed by atoms with E-state index in [2.05, 4.69) is 41.7 Å². The van der Waals surface area contributed by atoms with Crippen LogP contribution in [0.1, 0.15) is 27.7 Å². The quantitative estimate of drug-likeness (QED) is 0.365. The van der Waals surface area contributed by atoms with E-state index in [1.807, 2.05) is 6.92 Å². The van der Waals surface area contributed by atoms with Gasteiger partial charge in [-0.3, -0.25) is 4.79 Å². The number of nitrogens with one attached hydrogen (secondary N) is 3. The average Bonchev–Trinajstić information content (AvgIpc) is 2.44. The van der Waals surface area contributed by atoms with Gasteiger partial charge in [0, 0.05) is 18.3 Å². The molecule has 0 aliphatic rings. The van der Waals surface area contributed by atoms with Gasteiger partial charge in [-0.15, -0.1) is 24.0 Å². The van der Waals surface area contributed by atoms with Crippen LogP contribution in [0.15, 0.2) is 29.3 Å². The summed E-state index contributed by atoms with van der Waals surface area (Å²) in [6, 6.07) is 6.02. The number of anilines is 1. The summed E-state index contributed by atoms with van der Waals surface area (Å²) in [4.78, 5) is 16.1. The van der Waals surface area contributed by atoms with Crippen molar-refractivity contribution in [2.75, 3.05) is 18.4 Å². The largest absolute Gasteiger partial charge is 0.357 e. The molecule has 130 valence electrons. The fourth-order valence-electron chi connectivity index (χ4n) is 1.62. The highest BCUT2D eigenvalue weighted by Gasteiger charge is 2.09. The summed E-state index contributed by atoms with van der Waals surface area (Å²) >= 11 is 0. The van der Waals surface area contributed by atoms with Crippen LogP contribution in [0.3, 0.4) is 0 Å². The van der Waals surface area contributed by atoms with Crippen molar-refractivity contribution in [1.29, 1.82) is 0 Å². The van der Waals surface area contributed by atoms with Crippen LogP contribution in [0, 0.1) is 11.7 Å².